The molecule has 1 unspecified atom stereocenters. The zero-order valence-corrected chi connectivity index (χ0v) is 14.2. The minimum Gasteiger partial charge on any atom is -0.468 e. The van der Waals surface area contributed by atoms with Gasteiger partial charge in [0.05, 0.1) is 7.11 Å². The Hall–Kier alpha value is -1.98. The predicted molar refractivity (Wildman–Crippen MR) is 83.7 cm³/mol. The zero-order valence-electron chi connectivity index (χ0n) is 14.2. The van der Waals surface area contributed by atoms with Crippen molar-refractivity contribution in [2.75, 3.05) is 20.7 Å². The molecule has 0 bridgehead atoms. The van der Waals surface area contributed by atoms with Crippen LogP contribution >= 0.6 is 0 Å². The molecule has 0 spiro atoms. The number of aryl methyl sites for hydroxylation is 1. The van der Waals surface area contributed by atoms with Gasteiger partial charge < -0.3 is 9.64 Å². The van der Waals surface area contributed by atoms with E-state index >= 15 is 0 Å². The van der Waals surface area contributed by atoms with E-state index in [9.17, 15) is 18.4 Å². The van der Waals surface area contributed by atoms with Crippen LogP contribution in [0.4, 0.5) is 8.78 Å². The van der Waals surface area contributed by atoms with E-state index in [-0.39, 0.29) is 24.1 Å². The number of esters is 1. The molecule has 2 rings (SSSR count). The van der Waals surface area contributed by atoms with E-state index in [1.807, 2.05) is 13.8 Å². The van der Waals surface area contributed by atoms with Crippen molar-refractivity contribution in [2.45, 2.75) is 39.3 Å². The molecule has 1 fully saturated rings. The van der Waals surface area contributed by atoms with Crippen molar-refractivity contribution in [3.63, 3.8) is 0 Å². The molecule has 0 N–H and O–H groups in total. The van der Waals surface area contributed by atoms with Crippen molar-refractivity contribution < 1.29 is 23.1 Å². The summed E-state index contributed by atoms with van der Waals surface area (Å²) in [5.41, 5.74) is 0.593. The lowest BCUT2D eigenvalue weighted by atomic mass is 9.98. The van der Waals surface area contributed by atoms with Gasteiger partial charge in [-0.05, 0) is 25.0 Å². The highest BCUT2D eigenvalue weighted by Crippen LogP contribution is 2.46. The maximum absolute atomic E-state index is 14.2. The van der Waals surface area contributed by atoms with E-state index in [0.717, 1.165) is 4.90 Å². The monoisotopic (exact) mass is 327 g/mol. The van der Waals surface area contributed by atoms with Crippen LogP contribution in [0, 0.1) is 12.7 Å². The van der Waals surface area contributed by atoms with E-state index in [1.165, 1.54) is 26.3 Å². The normalized spacial score (nSPS) is 18.6. The van der Waals surface area contributed by atoms with Crippen LogP contribution in [0.5, 0.6) is 0 Å². The smallest absolute Gasteiger partial charge is 0.325 e. The number of benzene rings is 1. The number of nitrogens with zero attached hydrogens (tertiary/aromatic N) is 1. The second-order valence-corrected chi connectivity index (χ2v) is 5.25. The van der Waals surface area contributed by atoms with Crippen LogP contribution < -0.4 is 0 Å². The van der Waals surface area contributed by atoms with Gasteiger partial charge in [-0.3, -0.25) is 9.59 Å². The SMILES string of the molecule is CC.COC(=O)CN(C)C(=O)c1ccc(C)c(F)c1[C@@H]1CC1F. The van der Waals surface area contributed by atoms with Crippen molar-refractivity contribution in [1.29, 1.82) is 0 Å². The van der Waals surface area contributed by atoms with Gasteiger partial charge in [0.1, 0.15) is 18.5 Å². The Morgan fingerprint density at radius 2 is 1.91 bits per heavy atom. The molecule has 0 saturated heterocycles. The fraction of sp³-hybridized carbons (Fsp3) is 0.529. The summed E-state index contributed by atoms with van der Waals surface area (Å²) < 4.78 is 32.1. The topological polar surface area (TPSA) is 46.6 Å². The quantitative estimate of drug-likeness (QED) is 0.798. The minimum absolute atomic E-state index is 0.106. The molecule has 1 aromatic carbocycles. The third-order valence-corrected chi connectivity index (χ3v) is 3.63. The number of amides is 1. The number of likely N-dealkylation sites (N-methyl/N-ethyl adjacent to an activating group) is 1. The lowest BCUT2D eigenvalue weighted by Gasteiger charge is -2.18. The average Bonchev–Trinajstić information content (AvgIpc) is 3.27. The molecule has 1 aromatic rings. The van der Waals surface area contributed by atoms with E-state index in [1.54, 1.807) is 6.92 Å². The highest BCUT2D eigenvalue weighted by atomic mass is 19.1. The second kappa shape index (κ2) is 8.04. The maximum atomic E-state index is 14.2. The van der Waals surface area contributed by atoms with Crippen molar-refractivity contribution >= 4 is 11.9 Å². The number of hydrogen-bond donors (Lipinski definition) is 0. The summed E-state index contributed by atoms with van der Waals surface area (Å²) in [6.07, 6.45) is -0.889. The number of carbonyl (C=O) groups excluding carboxylic acids is 2. The van der Waals surface area contributed by atoms with Gasteiger partial charge in [-0.2, -0.15) is 0 Å². The Balaban J connectivity index is 0.00000127. The van der Waals surface area contributed by atoms with Crippen LogP contribution in [-0.2, 0) is 9.53 Å². The number of ether oxygens (including phenoxy) is 1. The Bertz CT molecular complexity index is 589. The van der Waals surface area contributed by atoms with E-state index in [2.05, 4.69) is 4.74 Å². The number of rotatable bonds is 4. The molecule has 1 aliphatic rings. The first kappa shape index (κ1) is 19.1. The largest absolute Gasteiger partial charge is 0.468 e. The van der Waals surface area contributed by atoms with Gasteiger partial charge in [0.25, 0.3) is 5.91 Å². The molecule has 1 aliphatic carbocycles. The van der Waals surface area contributed by atoms with Crippen molar-refractivity contribution in [1.82, 2.24) is 4.90 Å². The average molecular weight is 327 g/mol. The Morgan fingerprint density at radius 3 is 2.39 bits per heavy atom. The summed E-state index contributed by atoms with van der Waals surface area (Å²) in [7, 11) is 2.64. The standard InChI is InChI=1S/C15H17F2NO3.C2H6/c1-8-4-5-9(13(14(8)17)10-6-11(10)16)15(20)18(2)7-12(19)21-3;1-2/h4-5,10-11H,6-7H2,1-3H3;1-2H3/t10-,11?;/m1./s1. The molecule has 2 atom stereocenters. The first-order valence-electron chi connectivity index (χ1n) is 7.62. The first-order valence-corrected chi connectivity index (χ1v) is 7.62. The first-order chi connectivity index (χ1) is 10.9. The molecule has 0 aromatic heterocycles. The van der Waals surface area contributed by atoms with Gasteiger partial charge >= 0.3 is 5.97 Å². The molecule has 1 saturated carbocycles. The lowest BCUT2D eigenvalue weighted by molar-refractivity contribution is -0.141. The van der Waals surface area contributed by atoms with Crippen LogP contribution in [0.3, 0.4) is 0 Å². The van der Waals surface area contributed by atoms with Gasteiger partial charge in [-0.1, -0.05) is 19.9 Å². The second-order valence-electron chi connectivity index (χ2n) is 5.25. The van der Waals surface area contributed by atoms with E-state index in [0.29, 0.717) is 5.56 Å². The number of halogens is 2. The highest BCUT2D eigenvalue weighted by molar-refractivity contribution is 5.97. The van der Waals surface area contributed by atoms with Crippen molar-refractivity contribution in [3.05, 3.63) is 34.6 Å². The number of methoxy groups -OCH3 is 1. The van der Waals surface area contributed by atoms with Crippen LogP contribution in [0.15, 0.2) is 12.1 Å². The Morgan fingerprint density at radius 1 is 1.35 bits per heavy atom. The zero-order chi connectivity index (χ0) is 17.7. The molecule has 4 nitrogen and oxygen atoms in total. The maximum Gasteiger partial charge on any atom is 0.325 e. The molecular weight excluding hydrogens is 304 g/mol. The van der Waals surface area contributed by atoms with Gasteiger partial charge in [-0.15, -0.1) is 0 Å². The molecule has 128 valence electrons. The van der Waals surface area contributed by atoms with E-state index < -0.39 is 29.8 Å². The van der Waals surface area contributed by atoms with Gasteiger partial charge in [-0.25, -0.2) is 8.78 Å². The molecular formula is C17H23F2NO3. The van der Waals surface area contributed by atoms with Gasteiger partial charge in [0, 0.05) is 24.1 Å². The lowest BCUT2D eigenvalue weighted by Crippen LogP contribution is -2.33. The fourth-order valence-electron chi connectivity index (χ4n) is 2.25. The van der Waals surface area contributed by atoms with Crippen molar-refractivity contribution in [3.8, 4) is 0 Å². The summed E-state index contributed by atoms with van der Waals surface area (Å²) in [5, 5.41) is 0. The van der Waals surface area contributed by atoms with Crippen LogP contribution in [0.1, 0.15) is 47.7 Å². The molecule has 23 heavy (non-hydrogen) atoms. The summed E-state index contributed by atoms with van der Waals surface area (Å²) in [6, 6.07) is 2.96. The summed E-state index contributed by atoms with van der Waals surface area (Å²) in [6.45, 7) is 5.33. The Labute approximate surface area is 135 Å². The molecule has 0 aliphatic heterocycles. The number of alkyl halides is 1. The van der Waals surface area contributed by atoms with Crippen molar-refractivity contribution in [2.24, 2.45) is 0 Å². The van der Waals surface area contributed by atoms with E-state index in [4.69, 9.17) is 0 Å². The highest BCUT2D eigenvalue weighted by Gasteiger charge is 2.43. The van der Waals surface area contributed by atoms with Gasteiger partial charge in [0.15, 0.2) is 0 Å². The predicted octanol–water partition coefficient (Wildman–Crippen LogP) is 3.23. The van der Waals surface area contributed by atoms with Crippen LogP contribution in [0.25, 0.3) is 0 Å². The number of hydrogen-bond acceptors (Lipinski definition) is 3. The minimum atomic E-state index is -1.11. The Kier molecular flexibility index (Phi) is 6.66. The molecule has 0 heterocycles. The number of carbonyl (C=O) groups is 2. The molecule has 1 amide bonds. The molecule has 0 radical (unpaired) electrons. The van der Waals surface area contributed by atoms with Crippen LogP contribution in [0.2, 0.25) is 0 Å². The third-order valence-electron chi connectivity index (χ3n) is 3.63. The van der Waals surface area contributed by atoms with Crippen LogP contribution in [-0.4, -0.2) is 43.7 Å². The molecule has 6 heteroatoms. The van der Waals surface area contributed by atoms with Gasteiger partial charge in [0.2, 0.25) is 0 Å². The summed E-state index contributed by atoms with van der Waals surface area (Å²) in [5.74, 6) is -2.21. The summed E-state index contributed by atoms with van der Waals surface area (Å²) >= 11 is 0. The summed E-state index contributed by atoms with van der Waals surface area (Å²) in [4.78, 5) is 24.7. The third kappa shape index (κ3) is 4.27. The fourth-order valence-corrected chi connectivity index (χ4v) is 2.25.